The van der Waals surface area contributed by atoms with Crippen molar-refractivity contribution in [3.05, 3.63) is 46.5 Å². The smallest absolute Gasteiger partial charge is 0.341 e. The van der Waals surface area contributed by atoms with Crippen molar-refractivity contribution in [1.82, 2.24) is 0 Å². The summed E-state index contributed by atoms with van der Waals surface area (Å²) in [5.74, 6) is -0.322. The highest BCUT2D eigenvalue weighted by molar-refractivity contribution is 7.20. The number of fused-ring (bicyclic) bond motifs is 1. The first-order valence-corrected chi connectivity index (χ1v) is 8.31. The van der Waals surface area contributed by atoms with E-state index in [1.807, 2.05) is 6.92 Å². The third-order valence-electron chi connectivity index (χ3n) is 4.05. The minimum Gasteiger partial charge on any atom is -0.462 e. The first kappa shape index (κ1) is 14.9. The monoisotopic (exact) mass is 316 g/mol. The number of anilines is 2. The van der Waals surface area contributed by atoms with Gasteiger partial charge < -0.3 is 15.4 Å². The third kappa shape index (κ3) is 2.57. The summed E-state index contributed by atoms with van der Waals surface area (Å²) in [7, 11) is 0. The molecule has 0 saturated carbocycles. The zero-order valence-corrected chi connectivity index (χ0v) is 13.7. The van der Waals surface area contributed by atoms with Crippen molar-refractivity contribution >= 4 is 27.3 Å². The summed E-state index contributed by atoms with van der Waals surface area (Å²) in [6.07, 6.45) is 1.02. The van der Waals surface area contributed by atoms with Crippen LogP contribution in [0, 0.1) is 6.92 Å². The van der Waals surface area contributed by atoms with Crippen LogP contribution in [-0.2, 0) is 17.7 Å². The van der Waals surface area contributed by atoms with Crippen LogP contribution in [0.5, 0.6) is 0 Å². The number of esters is 1. The van der Waals surface area contributed by atoms with Crippen LogP contribution in [0.15, 0.2) is 24.3 Å². The molecule has 2 N–H and O–H groups in total. The van der Waals surface area contributed by atoms with E-state index in [0.717, 1.165) is 30.1 Å². The molecule has 3 rings (SSSR count). The second-order valence-corrected chi connectivity index (χ2v) is 6.46. The maximum absolute atomic E-state index is 12.1. The Kier molecular flexibility index (Phi) is 4.07. The topological polar surface area (TPSA) is 55.6 Å². The number of benzene rings is 1. The van der Waals surface area contributed by atoms with Gasteiger partial charge in [-0.05, 0) is 31.4 Å². The molecule has 4 nitrogen and oxygen atoms in total. The first-order valence-electron chi connectivity index (χ1n) is 7.49. The fourth-order valence-electron chi connectivity index (χ4n) is 2.95. The third-order valence-corrected chi connectivity index (χ3v) is 5.23. The normalized spacial score (nSPS) is 13.8. The second-order valence-electron chi connectivity index (χ2n) is 5.43. The van der Waals surface area contributed by atoms with Crippen LogP contribution < -0.4 is 10.6 Å². The van der Waals surface area contributed by atoms with Gasteiger partial charge in [0.2, 0.25) is 0 Å². The van der Waals surface area contributed by atoms with E-state index < -0.39 is 0 Å². The molecule has 2 heterocycles. The molecule has 0 radical (unpaired) electrons. The number of thiophene rings is 1. The van der Waals surface area contributed by atoms with Crippen LogP contribution in [0.2, 0.25) is 0 Å². The van der Waals surface area contributed by atoms with Gasteiger partial charge in [-0.2, -0.15) is 0 Å². The van der Waals surface area contributed by atoms with Crippen LogP contribution in [-0.4, -0.2) is 19.1 Å². The van der Waals surface area contributed by atoms with Gasteiger partial charge in [0.05, 0.1) is 17.2 Å². The van der Waals surface area contributed by atoms with Gasteiger partial charge >= 0.3 is 5.97 Å². The van der Waals surface area contributed by atoms with Gasteiger partial charge in [0.1, 0.15) is 5.00 Å². The van der Waals surface area contributed by atoms with Crippen molar-refractivity contribution in [2.24, 2.45) is 0 Å². The number of carbonyl (C=O) groups excluding carboxylic acids is 1. The molecule has 0 bridgehead atoms. The van der Waals surface area contributed by atoms with E-state index in [1.165, 1.54) is 22.5 Å². The number of ether oxygens (including phenoxy) is 1. The summed E-state index contributed by atoms with van der Waals surface area (Å²) in [6.45, 7) is 5.92. The minimum absolute atomic E-state index is 0.322. The van der Waals surface area contributed by atoms with Gasteiger partial charge in [-0.15, -0.1) is 11.3 Å². The van der Waals surface area contributed by atoms with E-state index in [0.29, 0.717) is 17.2 Å². The SMILES string of the molecule is CCOC(=O)c1c(N)sc(N2CCc3ccccc3C2)c1C. The molecule has 1 aliphatic heterocycles. The number of hydrogen-bond acceptors (Lipinski definition) is 5. The number of rotatable bonds is 3. The lowest BCUT2D eigenvalue weighted by molar-refractivity contribution is 0.0527. The van der Waals surface area contributed by atoms with Crippen molar-refractivity contribution in [3.8, 4) is 0 Å². The molecular weight excluding hydrogens is 296 g/mol. The van der Waals surface area contributed by atoms with E-state index in [2.05, 4.69) is 29.2 Å². The average Bonchev–Trinajstić information content (AvgIpc) is 2.82. The Hall–Kier alpha value is -2.01. The van der Waals surface area contributed by atoms with Crippen molar-refractivity contribution in [1.29, 1.82) is 0 Å². The highest BCUT2D eigenvalue weighted by atomic mass is 32.1. The summed E-state index contributed by atoms with van der Waals surface area (Å²) in [4.78, 5) is 14.4. The van der Waals surface area contributed by atoms with Gasteiger partial charge in [0, 0.05) is 18.7 Å². The van der Waals surface area contributed by atoms with Crippen LogP contribution in [0.3, 0.4) is 0 Å². The molecule has 0 atom stereocenters. The summed E-state index contributed by atoms with van der Waals surface area (Å²) < 4.78 is 5.12. The molecule has 0 spiro atoms. The quantitative estimate of drug-likeness (QED) is 0.882. The van der Waals surface area contributed by atoms with Gasteiger partial charge in [0.25, 0.3) is 0 Å². The zero-order valence-electron chi connectivity index (χ0n) is 12.9. The molecule has 22 heavy (non-hydrogen) atoms. The summed E-state index contributed by atoms with van der Waals surface area (Å²) >= 11 is 1.48. The Balaban J connectivity index is 1.91. The maximum atomic E-state index is 12.1. The molecule has 0 unspecified atom stereocenters. The standard InChI is InChI=1S/C17H20N2O2S/c1-3-21-17(20)14-11(2)16(22-15(14)18)19-9-8-12-6-4-5-7-13(12)10-19/h4-7H,3,8-10,18H2,1-2H3. The number of hydrogen-bond donors (Lipinski definition) is 1. The Morgan fingerprint density at radius 2 is 2.09 bits per heavy atom. The molecule has 116 valence electrons. The Morgan fingerprint density at radius 1 is 1.36 bits per heavy atom. The highest BCUT2D eigenvalue weighted by Crippen LogP contribution is 2.39. The fourth-order valence-corrected chi connectivity index (χ4v) is 4.04. The van der Waals surface area contributed by atoms with Gasteiger partial charge in [-0.25, -0.2) is 4.79 Å². The van der Waals surface area contributed by atoms with Crippen molar-refractivity contribution in [2.75, 3.05) is 23.8 Å². The number of nitrogens with two attached hydrogens (primary N) is 1. The second kappa shape index (κ2) is 6.01. The Labute approximate surface area is 134 Å². The molecule has 0 amide bonds. The number of nitrogen functional groups attached to an aromatic ring is 1. The molecular formula is C17H20N2O2S. The van der Waals surface area contributed by atoms with E-state index in [9.17, 15) is 4.79 Å². The lowest BCUT2D eigenvalue weighted by Crippen LogP contribution is -2.30. The summed E-state index contributed by atoms with van der Waals surface area (Å²) in [5, 5.41) is 1.62. The molecule has 0 saturated heterocycles. The lowest BCUT2D eigenvalue weighted by atomic mass is 10.00. The van der Waals surface area contributed by atoms with Crippen LogP contribution in [0.25, 0.3) is 0 Å². The van der Waals surface area contributed by atoms with Crippen molar-refractivity contribution in [2.45, 2.75) is 26.8 Å². The Morgan fingerprint density at radius 3 is 2.82 bits per heavy atom. The van der Waals surface area contributed by atoms with E-state index in [-0.39, 0.29) is 5.97 Å². The van der Waals surface area contributed by atoms with Crippen LogP contribution >= 0.6 is 11.3 Å². The lowest BCUT2D eigenvalue weighted by Gasteiger charge is -2.30. The van der Waals surface area contributed by atoms with E-state index in [1.54, 1.807) is 6.92 Å². The molecule has 0 fully saturated rings. The first-order chi connectivity index (χ1) is 10.6. The molecule has 1 aromatic carbocycles. The maximum Gasteiger partial charge on any atom is 0.341 e. The molecule has 1 aliphatic rings. The Bertz CT molecular complexity index is 709. The molecule has 0 aliphatic carbocycles. The predicted molar refractivity (Wildman–Crippen MR) is 90.6 cm³/mol. The molecule has 2 aromatic rings. The zero-order chi connectivity index (χ0) is 15.7. The van der Waals surface area contributed by atoms with Crippen molar-refractivity contribution in [3.63, 3.8) is 0 Å². The van der Waals surface area contributed by atoms with Crippen molar-refractivity contribution < 1.29 is 9.53 Å². The van der Waals surface area contributed by atoms with Crippen LogP contribution in [0.1, 0.15) is 34.0 Å². The van der Waals surface area contributed by atoms with E-state index >= 15 is 0 Å². The number of carbonyl (C=O) groups is 1. The summed E-state index contributed by atoms with van der Waals surface area (Å²) in [5.41, 5.74) is 10.3. The van der Waals surface area contributed by atoms with Gasteiger partial charge in [-0.3, -0.25) is 0 Å². The molecule has 5 heteroatoms. The van der Waals surface area contributed by atoms with Gasteiger partial charge in [0.15, 0.2) is 0 Å². The fraction of sp³-hybridized carbons (Fsp3) is 0.353. The number of nitrogens with zero attached hydrogens (tertiary/aromatic N) is 1. The minimum atomic E-state index is -0.322. The van der Waals surface area contributed by atoms with Gasteiger partial charge in [-0.1, -0.05) is 24.3 Å². The summed E-state index contributed by atoms with van der Waals surface area (Å²) in [6, 6.07) is 8.51. The van der Waals surface area contributed by atoms with Crippen LogP contribution in [0.4, 0.5) is 10.0 Å². The van der Waals surface area contributed by atoms with E-state index in [4.69, 9.17) is 10.5 Å². The highest BCUT2D eigenvalue weighted by Gasteiger charge is 2.25. The molecule has 1 aromatic heterocycles. The largest absolute Gasteiger partial charge is 0.462 e. The average molecular weight is 316 g/mol. The predicted octanol–water partition coefficient (Wildman–Crippen LogP) is 3.38.